The number of rotatable bonds is 7. The molecule has 1 saturated heterocycles. The van der Waals surface area contributed by atoms with Crippen molar-refractivity contribution in [2.45, 2.75) is 32.5 Å². The third-order valence-corrected chi connectivity index (χ3v) is 6.81. The number of hydrogen-bond donors (Lipinski definition) is 2. The van der Waals surface area contributed by atoms with Crippen LogP contribution in [0.1, 0.15) is 23.7 Å². The molecule has 0 bridgehead atoms. The SMILES string of the molecule is CC1COCCN1c1nc(-c2ccc(Nc3nccc(OCc4ccccc4)n3)cc2)nc2c1CCNC2. The lowest BCUT2D eigenvalue weighted by Crippen LogP contribution is -2.45. The standard InChI is InChI=1S/C29H31N7O2/c1-20-18-37-16-15-36(20)28-24-11-13-30-17-25(24)33-27(35-28)22-7-9-23(10-8-22)32-29-31-14-12-26(34-29)38-19-21-5-3-2-4-6-21/h2-10,12,14,20,30H,11,13,15-19H2,1H3,(H,31,32,34). The molecule has 38 heavy (non-hydrogen) atoms. The van der Waals surface area contributed by atoms with E-state index < -0.39 is 0 Å². The van der Waals surface area contributed by atoms with Gasteiger partial charge in [-0.25, -0.2) is 15.0 Å². The predicted molar refractivity (Wildman–Crippen MR) is 147 cm³/mol. The second kappa shape index (κ2) is 11.1. The van der Waals surface area contributed by atoms with E-state index in [4.69, 9.17) is 19.4 Å². The van der Waals surface area contributed by atoms with Crippen molar-refractivity contribution in [1.82, 2.24) is 25.3 Å². The molecule has 2 aliphatic heterocycles. The molecular weight excluding hydrogens is 478 g/mol. The smallest absolute Gasteiger partial charge is 0.230 e. The van der Waals surface area contributed by atoms with Gasteiger partial charge in [0.2, 0.25) is 11.8 Å². The Labute approximate surface area is 222 Å². The maximum absolute atomic E-state index is 5.84. The first-order valence-corrected chi connectivity index (χ1v) is 13.0. The number of ether oxygens (including phenoxy) is 2. The number of fused-ring (bicyclic) bond motifs is 1. The molecule has 1 fully saturated rings. The van der Waals surface area contributed by atoms with Crippen LogP contribution in [0, 0.1) is 0 Å². The van der Waals surface area contributed by atoms with E-state index in [1.807, 2.05) is 54.6 Å². The molecule has 6 rings (SSSR count). The lowest BCUT2D eigenvalue weighted by molar-refractivity contribution is 0.0984. The Morgan fingerprint density at radius 2 is 1.92 bits per heavy atom. The van der Waals surface area contributed by atoms with Crippen LogP contribution in [-0.2, 0) is 24.3 Å². The zero-order valence-electron chi connectivity index (χ0n) is 21.4. The maximum atomic E-state index is 5.84. The van der Waals surface area contributed by atoms with Crippen molar-refractivity contribution >= 4 is 17.5 Å². The van der Waals surface area contributed by atoms with Crippen LogP contribution >= 0.6 is 0 Å². The predicted octanol–water partition coefficient (Wildman–Crippen LogP) is 4.13. The molecule has 2 aromatic carbocycles. The average molecular weight is 510 g/mol. The highest BCUT2D eigenvalue weighted by Gasteiger charge is 2.27. The summed E-state index contributed by atoms with van der Waals surface area (Å²) in [6.45, 7) is 6.63. The molecule has 2 aromatic heterocycles. The van der Waals surface area contributed by atoms with Crippen molar-refractivity contribution < 1.29 is 9.47 Å². The van der Waals surface area contributed by atoms with Crippen LogP contribution < -0.4 is 20.3 Å². The molecule has 0 spiro atoms. The van der Waals surface area contributed by atoms with Crippen LogP contribution in [0.25, 0.3) is 11.4 Å². The minimum atomic E-state index is 0.282. The minimum absolute atomic E-state index is 0.282. The van der Waals surface area contributed by atoms with Crippen LogP contribution in [0.3, 0.4) is 0 Å². The molecular formula is C29H31N7O2. The van der Waals surface area contributed by atoms with Gasteiger partial charge in [-0.2, -0.15) is 4.98 Å². The zero-order chi connectivity index (χ0) is 25.7. The first-order valence-electron chi connectivity index (χ1n) is 13.0. The highest BCUT2D eigenvalue weighted by atomic mass is 16.5. The Balaban J connectivity index is 1.19. The van der Waals surface area contributed by atoms with Gasteiger partial charge in [0.05, 0.1) is 24.9 Å². The topological polar surface area (TPSA) is 97.3 Å². The van der Waals surface area contributed by atoms with Gasteiger partial charge in [-0.3, -0.25) is 0 Å². The molecule has 0 amide bonds. The maximum Gasteiger partial charge on any atom is 0.230 e. The van der Waals surface area contributed by atoms with Gasteiger partial charge in [-0.05, 0) is 49.7 Å². The Hall–Kier alpha value is -4.08. The van der Waals surface area contributed by atoms with E-state index >= 15 is 0 Å². The summed E-state index contributed by atoms with van der Waals surface area (Å²) in [5.41, 5.74) is 5.26. The summed E-state index contributed by atoms with van der Waals surface area (Å²) in [7, 11) is 0. The summed E-state index contributed by atoms with van der Waals surface area (Å²) in [5, 5.41) is 6.72. The van der Waals surface area contributed by atoms with Crippen molar-refractivity contribution in [1.29, 1.82) is 0 Å². The molecule has 1 atom stereocenters. The molecule has 4 heterocycles. The van der Waals surface area contributed by atoms with Gasteiger partial charge >= 0.3 is 0 Å². The Kier molecular flexibility index (Phi) is 7.10. The van der Waals surface area contributed by atoms with Crippen molar-refractivity contribution in [2.75, 3.05) is 36.5 Å². The van der Waals surface area contributed by atoms with E-state index in [0.717, 1.165) is 66.8 Å². The first-order chi connectivity index (χ1) is 18.7. The normalized spacial score (nSPS) is 17.1. The van der Waals surface area contributed by atoms with E-state index in [-0.39, 0.29) is 6.04 Å². The van der Waals surface area contributed by atoms with Crippen LogP contribution in [0.5, 0.6) is 5.88 Å². The molecule has 194 valence electrons. The summed E-state index contributed by atoms with van der Waals surface area (Å²) in [5.74, 6) is 2.78. The molecule has 1 unspecified atom stereocenters. The van der Waals surface area contributed by atoms with Gasteiger partial charge in [0, 0.05) is 42.2 Å². The van der Waals surface area contributed by atoms with E-state index in [2.05, 4.69) is 32.4 Å². The summed E-state index contributed by atoms with van der Waals surface area (Å²) in [4.78, 5) is 21.2. The van der Waals surface area contributed by atoms with Gasteiger partial charge in [-0.1, -0.05) is 30.3 Å². The number of hydrogen-bond acceptors (Lipinski definition) is 9. The third kappa shape index (κ3) is 5.44. The van der Waals surface area contributed by atoms with E-state index in [1.54, 1.807) is 12.3 Å². The second-order valence-electron chi connectivity index (χ2n) is 9.54. The summed E-state index contributed by atoms with van der Waals surface area (Å²) >= 11 is 0. The van der Waals surface area contributed by atoms with Crippen LogP contribution in [0.2, 0.25) is 0 Å². The van der Waals surface area contributed by atoms with Gasteiger partial charge in [0.25, 0.3) is 0 Å². The largest absolute Gasteiger partial charge is 0.473 e. The summed E-state index contributed by atoms with van der Waals surface area (Å²) < 4.78 is 11.5. The van der Waals surface area contributed by atoms with Crippen LogP contribution in [0.4, 0.5) is 17.5 Å². The lowest BCUT2D eigenvalue weighted by Gasteiger charge is -2.36. The molecule has 9 nitrogen and oxygen atoms in total. The first kappa shape index (κ1) is 24.3. The fourth-order valence-electron chi connectivity index (χ4n) is 4.79. The molecule has 4 aromatic rings. The third-order valence-electron chi connectivity index (χ3n) is 6.81. The fraction of sp³-hybridized carbons (Fsp3) is 0.310. The minimum Gasteiger partial charge on any atom is -0.473 e. The van der Waals surface area contributed by atoms with Gasteiger partial charge in [0.15, 0.2) is 5.82 Å². The Morgan fingerprint density at radius 1 is 1.05 bits per heavy atom. The quantitative estimate of drug-likeness (QED) is 0.381. The van der Waals surface area contributed by atoms with Crippen LogP contribution in [-0.4, -0.2) is 52.3 Å². The molecule has 9 heteroatoms. The van der Waals surface area contributed by atoms with Crippen molar-refractivity contribution in [3.63, 3.8) is 0 Å². The van der Waals surface area contributed by atoms with E-state index in [9.17, 15) is 0 Å². The summed E-state index contributed by atoms with van der Waals surface area (Å²) in [6.07, 6.45) is 2.62. The fourth-order valence-corrected chi connectivity index (χ4v) is 4.79. The highest BCUT2D eigenvalue weighted by Crippen LogP contribution is 2.30. The highest BCUT2D eigenvalue weighted by molar-refractivity contribution is 5.65. The Morgan fingerprint density at radius 3 is 2.76 bits per heavy atom. The lowest BCUT2D eigenvalue weighted by atomic mass is 10.0. The number of anilines is 3. The number of aromatic nitrogens is 4. The van der Waals surface area contributed by atoms with Crippen LogP contribution in [0.15, 0.2) is 66.9 Å². The van der Waals surface area contributed by atoms with Crippen molar-refractivity contribution in [2.24, 2.45) is 0 Å². The van der Waals surface area contributed by atoms with E-state index in [1.165, 1.54) is 5.56 Å². The second-order valence-corrected chi connectivity index (χ2v) is 9.54. The van der Waals surface area contributed by atoms with Crippen molar-refractivity contribution in [3.8, 4) is 17.3 Å². The number of nitrogens with one attached hydrogen (secondary N) is 2. The zero-order valence-corrected chi connectivity index (χ0v) is 21.4. The van der Waals surface area contributed by atoms with E-state index in [0.29, 0.717) is 25.0 Å². The molecule has 0 saturated carbocycles. The number of morpholine rings is 1. The monoisotopic (exact) mass is 509 g/mol. The molecule has 2 N–H and O–H groups in total. The summed E-state index contributed by atoms with van der Waals surface area (Å²) in [6, 6.07) is 20.1. The molecule has 2 aliphatic rings. The number of nitrogens with zero attached hydrogens (tertiary/aromatic N) is 5. The molecule has 0 aliphatic carbocycles. The van der Waals surface area contributed by atoms with Crippen molar-refractivity contribution in [3.05, 3.63) is 83.7 Å². The number of benzene rings is 2. The van der Waals surface area contributed by atoms with Gasteiger partial charge in [0.1, 0.15) is 12.4 Å². The van der Waals surface area contributed by atoms with Gasteiger partial charge < -0.3 is 25.0 Å². The van der Waals surface area contributed by atoms with Gasteiger partial charge in [-0.15, -0.1) is 0 Å². The Bertz CT molecular complexity index is 1380. The molecule has 0 radical (unpaired) electrons. The average Bonchev–Trinajstić information content (AvgIpc) is 2.97.